The fraction of sp³-hybridized carbons (Fsp3) is 0.0400. The molecule has 196 valence electrons. The summed E-state index contributed by atoms with van der Waals surface area (Å²) in [7, 11) is -7.46. The minimum absolute atomic E-state index is 0.0821. The van der Waals surface area contributed by atoms with Gasteiger partial charge in [0.1, 0.15) is 10.6 Å². The van der Waals surface area contributed by atoms with Crippen LogP contribution in [0, 0.1) is 10.1 Å². The lowest BCUT2D eigenvalue weighted by Gasteiger charge is -2.19. The molecule has 0 unspecified atom stereocenters. The summed E-state index contributed by atoms with van der Waals surface area (Å²) in [5, 5.41) is 17.5. The highest BCUT2D eigenvalue weighted by atomic mass is 32.2. The summed E-state index contributed by atoms with van der Waals surface area (Å²) in [6.45, 7) is 0. The Balaban J connectivity index is 1.69. The van der Waals surface area contributed by atoms with E-state index in [9.17, 15) is 31.5 Å². The van der Waals surface area contributed by atoms with Gasteiger partial charge < -0.3 is 10.6 Å². The van der Waals surface area contributed by atoms with Gasteiger partial charge in [0, 0.05) is 24.5 Å². The van der Waals surface area contributed by atoms with Crippen molar-refractivity contribution >= 4 is 54.3 Å². The van der Waals surface area contributed by atoms with Gasteiger partial charge in [-0.2, -0.15) is 8.42 Å². The Morgan fingerprint density at radius 1 is 0.763 bits per heavy atom. The van der Waals surface area contributed by atoms with Gasteiger partial charge in [0.2, 0.25) is 0 Å². The topological polar surface area (TPSA) is 159 Å². The lowest BCUT2D eigenvalue weighted by atomic mass is 10.2. The Hall–Kier alpha value is -4.46. The van der Waals surface area contributed by atoms with E-state index in [2.05, 4.69) is 10.6 Å². The lowest BCUT2D eigenvalue weighted by molar-refractivity contribution is -0.384. The van der Waals surface area contributed by atoms with Crippen LogP contribution in [-0.4, -0.2) is 33.4 Å². The first-order valence-electron chi connectivity index (χ1n) is 11.0. The molecule has 0 aliphatic heterocycles. The molecule has 0 aliphatic rings. The normalized spacial score (nSPS) is 11.5. The Bertz CT molecular complexity index is 1700. The fourth-order valence-electron chi connectivity index (χ4n) is 3.61. The monoisotopic (exact) mass is 554 g/mol. The van der Waals surface area contributed by atoms with Gasteiger partial charge in [-0.15, -0.1) is 0 Å². The Morgan fingerprint density at radius 2 is 1.34 bits per heavy atom. The predicted octanol–water partition coefficient (Wildman–Crippen LogP) is 5.15. The third kappa shape index (κ3) is 5.75. The van der Waals surface area contributed by atoms with Crippen molar-refractivity contribution in [3.8, 4) is 0 Å². The number of hydrogen-bond acceptors (Lipinski definition) is 8. The minimum atomic E-state index is -4.68. The summed E-state index contributed by atoms with van der Waals surface area (Å²) in [6, 6.07) is 24.2. The van der Waals surface area contributed by atoms with Crippen molar-refractivity contribution in [2.45, 2.75) is 9.79 Å². The van der Waals surface area contributed by atoms with Crippen molar-refractivity contribution in [1.29, 1.82) is 0 Å². The molecule has 0 atom stereocenters. The van der Waals surface area contributed by atoms with E-state index in [4.69, 9.17) is 0 Å². The number of nitro benzene ring substituents is 1. The van der Waals surface area contributed by atoms with Gasteiger partial charge in [0.15, 0.2) is 0 Å². The van der Waals surface area contributed by atoms with Crippen LogP contribution < -0.4 is 14.9 Å². The molecule has 4 aromatic rings. The number of nitrogens with zero attached hydrogens (tertiary/aromatic N) is 2. The lowest BCUT2D eigenvalue weighted by Crippen LogP contribution is -2.26. The van der Waals surface area contributed by atoms with Crippen molar-refractivity contribution in [2.24, 2.45) is 0 Å². The molecular formula is C25H22N4O7S2. The Morgan fingerprint density at radius 3 is 1.95 bits per heavy atom. The van der Waals surface area contributed by atoms with Crippen LogP contribution in [0.3, 0.4) is 0 Å². The molecule has 0 amide bonds. The van der Waals surface area contributed by atoms with E-state index in [0.29, 0.717) is 11.4 Å². The molecule has 13 heteroatoms. The second kappa shape index (κ2) is 10.5. The van der Waals surface area contributed by atoms with Gasteiger partial charge in [-0.3, -0.25) is 19.0 Å². The van der Waals surface area contributed by atoms with Crippen LogP contribution in [0.2, 0.25) is 0 Å². The minimum Gasteiger partial charge on any atom is -0.354 e. The average Bonchev–Trinajstić information content (AvgIpc) is 2.89. The summed E-state index contributed by atoms with van der Waals surface area (Å²) < 4.78 is 61.1. The van der Waals surface area contributed by atoms with Gasteiger partial charge in [-0.1, -0.05) is 36.4 Å². The highest BCUT2D eigenvalue weighted by molar-refractivity contribution is 7.92. The molecule has 0 radical (unpaired) electrons. The molecule has 11 nitrogen and oxygen atoms in total. The number of rotatable bonds is 9. The van der Waals surface area contributed by atoms with Crippen molar-refractivity contribution in [2.75, 3.05) is 22.0 Å². The van der Waals surface area contributed by atoms with E-state index in [1.807, 2.05) is 0 Å². The number of nitrogens with one attached hydrogen (secondary N) is 2. The van der Waals surface area contributed by atoms with Crippen LogP contribution in [0.25, 0.3) is 0 Å². The maximum absolute atomic E-state index is 13.1. The van der Waals surface area contributed by atoms with Crippen LogP contribution in [0.1, 0.15) is 0 Å². The SMILES string of the molecule is CN(c1ccccc1)S(=O)(=O)c1ccc(Nc2ccc(Nc3ccccc3)c(S(=O)(=O)O)c2)c([N+](=O)[O-])c1. The van der Waals surface area contributed by atoms with E-state index in [0.717, 1.165) is 16.4 Å². The first kappa shape index (κ1) is 26.6. The van der Waals surface area contributed by atoms with E-state index in [-0.39, 0.29) is 22.0 Å². The Labute approximate surface area is 219 Å². The van der Waals surface area contributed by atoms with Crippen LogP contribution in [0.15, 0.2) is 107 Å². The molecule has 4 aromatic carbocycles. The summed E-state index contributed by atoms with van der Waals surface area (Å²) in [4.78, 5) is 10.3. The molecule has 0 spiro atoms. The van der Waals surface area contributed by atoms with E-state index in [1.165, 1.54) is 31.3 Å². The van der Waals surface area contributed by atoms with Gasteiger partial charge in [0.25, 0.3) is 25.8 Å². The van der Waals surface area contributed by atoms with Gasteiger partial charge in [-0.25, -0.2) is 8.42 Å². The summed E-state index contributed by atoms with van der Waals surface area (Å²) in [5.74, 6) is 0. The molecule has 3 N–H and O–H groups in total. The molecule has 0 saturated carbocycles. The van der Waals surface area contributed by atoms with Crippen LogP contribution >= 0.6 is 0 Å². The highest BCUT2D eigenvalue weighted by Crippen LogP contribution is 2.34. The summed E-state index contributed by atoms with van der Waals surface area (Å²) in [6.07, 6.45) is 0. The second-order valence-electron chi connectivity index (χ2n) is 8.05. The molecule has 0 aliphatic carbocycles. The number of benzene rings is 4. The van der Waals surface area contributed by atoms with E-state index in [1.54, 1.807) is 60.7 Å². The smallest absolute Gasteiger partial charge is 0.296 e. The van der Waals surface area contributed by atoms with E-state index >= 15 is 0 Å². The first-order valence-corrected chi connectivity index (χ1v) is 13.9. The molecule has 0 saturated heterocycles. The summed E-state index contributed by atoms with van der Waals surface area (Å²) >= 11 is 0. The highest BCUT2D eigenvalue weighted by Gasteiger charge is 2.26. The zero-order valence-corrected chi connectivity index (χ0v) is 21.5. The number of anilines is 5. The third-order valence-corrected chi connectivity index (χ3v) is 8.21. The van der Waals surface area contributed by atoms with Crippen molar-refractivity contribution in [3.63, 3.8) is 0 Å². The third-order valence-electron chi connectivity index (χ3n) is 5.54. The molecule has 0 heterocycles. The average molecular weight is 555 g/mol. The number of para-hydroxylation sites is 2. The van der Waals surface area contributed by atoms with Crippen LogP contribution in [0.4, 0.5) is 34.1 Å². The first-order chi connectivity index (χ1) is 18.0. The van der Waals surface area contributed by atoms with Gasteiger partial charge in [-0.05, 0) is 54.6 Å². The zero-order chi connectivity index (χ0) is 27.5. The van der Waals surface area contributed by atoms with Crippen molar-refractivity contribution in [1.82, 2.24) is 0 Å². The van der Waals surface area contributed by atoms with Gasteiger partial charge in [0.05, 0.1) is 21.2 Å². The van der Waals surface area contributed by atoms with Crippen LogP contribution in [0.5, 0.6) is 0 Å². The molecule has 0 bridgehead atoms. The Kier molecular flexibility index (Phi) is 7.35. The molecule has 0 aromatic heterocycles. The number of nitro groups is 1. The molecule has 4 rings (SSSR count). The fourth-order valence-corrected chi connectivity index (χ4v) is 5.50. The largest absolute Gasteiger partial charge is 0.354 e. The van der Waals surface area contributed by atoms with Crippen molar-refractivity contribution < 1.29 is 26.3 Å². The standard InChI is InChI=1S/C25H22N4O7S2/c1-28(20-10-6-3-7-11-20)37(32,33)21-13-15-22(24(17-21)29(30)31)27-19-12-14-23(25(16-19)38(34,35)36)26-18-8-4-2-5-9-18/h2-17,26-27H,1H3,(H,34,35,36). The summed E-state index contributed by atoms with van der Waals surface area (Å²) in [5.41, 5.74) is 0.514. The van der Waals surface area contributed by atoms with Crippen LogP contribution in [-0.2, 0) is 20.1 Å². The second-order valence-corrected chi connectivity index (χ2v) is 11.4. The maximum Gasteiger partial charge on any atom is 0.296 e. The molecule has 0 fully saturated rings. The number of sulfonamides is 1. The van der Waals surface area contributed by atoms with Gasteiger partial charge >= 0.3 is 0 Å². The van der Waals surface area contributed by atoms with Crippen molar-refractivity contribution in [3.05, 3.63) is 107 Å². The predicted molar refractivity (Wildman–Crippen MR) is 144 cm³/mol. The van der Waals surface area contributed by atoms with E-state index < -0.39 is 35.6 Å². The zero-order valence-electron chi connectivity index (χ0n) is 19.8. The number of hydrogen-bond donors (Lipinski definition) is 3. The molecular weight excluding hydrogens is 532 g/mol. The quantitative estimate of drug-likeness (QED) is 0.144. The maximum atomic E-state index is 13.1. The molecule has 38 heavy (non-hydrogen) atoms.